The van der Waals surface area contributed by atoms with Gasteiger partial charge in [0.15, 0.2) is 0 Å². The molecular weight excluding hydrogens is 374 g/mol. The molecule has 1 aromatic heterocycles. The summed E-state index contributed by atoms with van der Waals surface area (Å²) in [5.74, 6) is 0.614. The van der Waals surface area contributed by atoms with Crippen LogP contribution < -0.4 is 15.4 Å². The van der Waals surface area contributed by atoms with Crippen LogP contribution in [0.5, 0.6) is 5.75 Å². The van der Waals surface area contributed by atoms with Gasteiger partial charge in [0.05, 0.1) is 18.4 Å². The number of hydrogen-bond acceptors (Lipinski definition) is 4. The Bertz CT molecular complexity index is 976. The molecule has 0 unspecified atom stereocenters. The fourth-order valence-electron chi connectivity index (χ4n) is 2.76. The number of benzene rings is 2. The molecule has 1 heterocycles. The highest BCUT2D eigenvalue weighted by atomic mass is 35.5. The predicted molar refractivity (Wildman–Crippen MR) is 114 cm³/mol. The molecule has 0 saturated carbocycles. The third-order valence-electron chi connectivity index (χ3n) is 4.33. The number of anilines is 2. The van der Waals surface area contributed by atoms with Gasteiger partial charge in [-0.15, -0.1) is 0 Å². The van der Waals surface area contributed by atoms with Gasteiger partial charge in [-0.1, -0.05) is 29.8 Å². The molecule has 0 aliphatic rings. The van der Waals surface area contributed by atoms with E-state index >= 15 is 0 Å². The van der Waals surface area contributed by atoms with Gasteiger partial charge in [0, 0.05) is 29.6 Å². The van der Waals surface area contributed by atoms with Crippen LogP contribution in [0.2, 0.25) is 5.02 Å². The zero-order chi connectivity index (χ0) is 19.9. The third kappa shape index (κ3) is 5.24. The van der Waals surface area contributed by atoms with Crippen LogP contribution in [0.4, 0.5) is 11.4 Å². The number of nitrogens with one attached hydrogen (secondary N) is 2. The highest BCUT2D eigenvalue weighted by molar-refractivity contribution is 6.31. The molecule has 5 nitrogen and oxygen atoms in total. The van der Waals surface area contributed by atoms with Crippen LogP contribution >= 0.6 is 11.6 Å². The van der Waals surface area contributed by atoms with Gasteiger partial charge in [0.2, 0.25) is 0 Å². The Morgan fingerprint density at radius 2 is 2.00 bits per heavy atom. The van der Waals surface area contributed by atoms with E-state index in [2.05, 4.69) is 21.7 Å². The normalized spacial score (nSPS) is 10.4. The minimum Gasteiger partial charge on any atom is -0.497 e. The quantitative estimate of drug-likeness (QED) is 0.593. The molecule has 0 bridgehead atoms. The first-order valence-corrected chi connectivity index (χ1v) is 9.32. The first-order chi connectivity index (χ1) is 13.5. The summed E-state index contributed by atoms with van der Waals surface area (Å²) in [7, 11) is 1.66. The van der Waals surface area contributed by atoms with Gasteiger partial charge in [0.25, 0.3) is 5.91 Å². The van der Waals surface area contributed by atoms with E-state index < -0.39 is 0 Å². The number of hydrogen-bond donors (Lipinski definition) is 2. The predicted octanol–water partition coefficient (Wildman–Crippen LogP) is 4.96. The maximum Gasteiger partial charge on any atom is 0.257 e. The minimum atomic E-state index is -0.227. The Labute approximate surface area is 169 Å². The molecule has 0 radical (unpaired) electrons. The molecule has 28 heavy (non-hydrogen) atoms. The summed E-state index contributed by atoms with van der Waals surface area (Å²) < 4.78 is 5.24. The first-order valence-electron chi connectivity index (χ1n) is 8.94. The highest BCUT2D eigenvalue weighted by Crippen LogP contribution is 2.21. The second-order valence-corrected chi connectivity index (χ2v) is 6.84. The number of carbonyl (C=O) groups is 1. The Morgan fingerprint density at radius 3 is 2.82 bits per heavy atom. The van der Waals surface area contributed by atoms with Crippen molar-refractivity contribution < 1.29 is 9.53 Å². The average molecular weight is 396 g/mol. The number of methoxy groups -OCH3 is 1. The van der Waals surface area contributed by atoms with Crippen molar-refractivity contribution in [1.29, 1.82) is 0 Å². The molecule has 0 aliphatic heterocycles. The molecule has 1 amide bonds. The summed E-state index contributed by atoms with van der Waals surface area (Å²) in [6.45, 7) is 2.63. The van der Waals surface area contributed by atoms with Gasteiger partial charge in [-0.05, 0) is 54.8 Å². The molecule has 0 saturated heterocycles. The lowest BCUT2D eigenvalue weighted by Gasteiger charge is -2.11. The number of nitrogens with zero attached hydrogens (tertiary/aromatic N) is 1. The number of aromatic nitrogens is 1. The number of ether oxygens (including phenoxy) is 1. The van der Waals surface area contributed by atoms with E-state index in [0.29, 0.717) is 22.8 Å². The van der Waals surface area contributed by atoms with Gasteiger partial charge in [-0.3, -0.25) is 9.78 Å². The Balaban J connectivity index is 1.61. The van der Waals surface area contributed by atoms with Crippen LogP contribution in [-0.2, 0) is 6.42 Å². The van der Waals surface area contributed by atoms with Crippen molar-refractivity contribution in [2.45, 2.75) is 13.3 Å². The van der Waals surface area contributed by atoms with E-state index in [1.807, 2.05) is 31.2 Å². The Morgan fingerprint density at radius 1 is 1.14 bits per heavy atom. The molecule has 144 valence electrons. The van der Waals surface area contributed by atoms with Crippen LogP contribution in [0.15, 0.2) is 60.9 Å². The monoisotopic (exact) mass is 395 g/mol. The van der Waals surface area contributed by atoms with E-state index in [0.717, 1.165) is 23.4 Å². The van der Waals surface area contributed by atoms with Crippen molar-refractivity contribution in [2.75, 3.05) is 24.3 Å². The van der Waals surface area contributed by atoms with E-state index in [-0.39, 0.29) is 5.91 Å². The maximum atomic E-state index is 12.6. The van der Waals surface area contributed by atoms with Gasteiger partial charge in [-0.2, -0.15) is 0 Å². The van der Waals surface area contributed by atoms with Crippen molar-refractivity contribution >= 4 is 28.9 Å². The fourth-order valence-corrected chi connectivity index (χ4v) is 2.94. The van der Waals surface area contributed by atoms with Crippen molar-refractivity contribution in [3.8, 4) is 5.75 Å². The number of halogens is 1. The Hall–Kier alpha value is -3.05. The van der Waals surface area contributed by atoms with Crippen LogP contribution in [0.3, 0.4) is 0 Å². The molecule has 0 fully saturated rings. The second-order valence-electron chi connectivity index (χ2n) is 6.40. The summed E-state index contributed by atoms with van der Waals surface area (Å²) >= 11 is 6.02. The van der Waals surface area contributed by atoms with Crippen LogP contribution in [0.1, 0.15) is 21.5 Å². The smallest absolute Gasteiger partial charge is 0.257 e. The summed E-state index contributed by atoms with van der Waals surface area (Å²) in [5.41, 5.74) is 4.07. The van der Waals surface area contributed by atoms with Crippen LogP contribution in [0, 0.1) is 6.92 Å². The molecule has 2 N–H and O–H groups in total. The molecule has 6 heteroatoms. The lowest BCUT2D eigenvalue weighted by atomic mass is 10.1. The number of aryl methyl sites for hydroxylation is 1. The van der Waals surface area contributed by atoms with Crippen molar-refractivity contribution in [3.05, 3.63) is 82.6 Å². The summed E-state index contributed by atoms with van der Waals surface area (Å²) in [5, 5.41) is 6.77. The second kappa shape index (κ2) is 9.24. The molecule has 0 atom stereocenters. The lowest BCUT2D eigenvalue weighted by Crippen LogP contribution is -2.14. The average Bonchev–Trinajstić information content (AvgIpc) is 2.71. The SMILES string of the molecule is COc1cccc(CCNc2cncc(C(=O)Nc3cc(Cl)ccc3C)c2)c1. The molecule has 0 spiro atoms. The van der Waals surface area contributed by atoms with Crippen molar-refractivity contribution in [2.24, 2.45) is 0 Å². The molecular formula is C22H22ClN3O2. The number of amides is 1. The molecule has 2 aromatic carbocycles. The zero-order valence-corrected chi connectivity index (χ0v) is 16.6. The number of carbonyl (C=O) groups excluding carboxylic acids is 1. The third-order valence-corrected chi connectivity index (χ3v) is 4.56. The molecule has 3 aromatic rings. The lowest BCUT2D eigenvalue weighted by molar-refractivity contribution is 0.102. The van der Waals surface area contributed by atoms with E-state index in [9.17, 15) is 4.79 Å². The fraction of sp³-hybridized carbons (Fsp3) is 0.182. The van der Waals surface area contributed by atoms with Crippen LogP contribution in [-0.4, -0.2) is 24.5 Å². The van der Waals surface area contributed by atoms with Gasteiger partial charge >= 0.3 is 0 Å². The van der Waals surface area contributed by atoms with Crippen LogP contribution in [0.25, 0.3) is 0 Å². The maximum absolute atomic E-state index is 12.6. The van der Waals surface area contributed by atoms with Gasteiger partial charge < -0.3 is 15.4 Å². The highest BCUT2D eigenvalue weighted by Gasteiger charge is 2.09. The topological polar surface area (TPSA) is 63.2 Å². The molecule has 3 rings (SSSR count). The van der Waals surface area contributed by atoms with E-state index in [4.69, 9.17) is 16.3 Å². The number of pyridine rings is 1. The van der Waals surface area contributed by atoms with E-state index in [1.54, 1.807) is 37.7 Å². The van der Waals surface area contributed by atoms with Gasteiger partial charge in [0.1, 0.15) is 5.75 Å². The minimum absolute atomic E-state index is 0.227. The van der Waals surface area contributed by atoms with Crippen molar-refractivity contribution in [3.63, 3.8) is 0 Å². The standard InChI is InChI=1S/C22H22ClN3O2/c1-15-6-7-18(23)12-21(15)26-22(27)17-11-19(14-24-13-17)25-9-8-16-4-3-5-20(10-16)28-2/h3-7,10-14,25H,8-9H2,1-2H3,(H,26,27). The summed E-state index contributed by atoms with van der Waals surface area (Å²) in [6.07, 6.45) is 4.07. The summed E-state index contributed by atoms with van der Waals surface area (Å²) in [4.78, 5) is 16.7. The van der Waals surface area contributed by atoms with E-state index in [1.165, 1.54) is 5.56 Å². The largest absolute Gasteiger partial charge is 0.497 e. The first kappa shape index (κ1) is 19.7. The number of rotatable bonds is 7. The molecule has 0 aliphatic carbocycles. The zero-order valence-electron chi connectivity index (χ0n) is 15.8. The van der Waals surface area contributed by atoms with Gasteiger partial charge in [-0.25, -0.2) is 0 Å². The van der Waals surface area contributed by atoms with Crippen molar-refractivity contribution in [1.82, 2.24) is 4.98 Å². The summed E-state index contributed by atoms with van der Waals surface area (Å²) in [6, 6.07) is 15.1. The Kier molecular flexibility index (Phi) is 6.50.